The van der Waals surface area contributed by atoms with Crippen LogP contribution in [0.15, 0.2) is 103 Å². The fourth-order valence-electron chi connectivity index (χ4n) is 3.71. The molecule has 5 rings (SSSR count). The van der Waals surface area contributed by atoms with Crippen LogP contribution in [0.2, 0.25) is 0 Å². The number of aromatic nitrogens is 2. The highest BCUT2D eigenvalue weighted by atomic mass is 16.5. The number of rotatable bonds is 8. The lowest BCUT2D eigenvalue weighted by molar-refractivity contribution is -0.139. The van der Waals surface area contributed by atoms with Gasteiger partial charge in [-0.1, -0.05) is 78.9 Å². The van der Waals surface area contributed by atoms with Crippen molar-refractivity contribution in [1.29, 1.82) is 0 Å². The normalized spacial score (nSPS) is 10.7. The van der Waals surface area contributed by atoms with Crippen LogP contribution in [0.1, 0.15) is 5.56 Å². The second-order valence-electron chi connectivity index (χ2n) is 7.96. The SMILES string of the molecule is O=C(O)COc1ccc2cc(-c3nc(OCc4ccccc4)cc(-c4ccccc4)n3)ccc2c1. The van der Waals surface area contributed by atoms with Crippen LogP contribution in [0.3, 0.4) is 0 Å². The number of carboxylic acid groups (broad SMARTS) is 1. The van der Waals surface area contributed by atoms with E-state index in [0.717, 1.165) is 33.2 Å². The Morgan fingerprint density at radius 1 is 0.714 bits per heavy atom. The maximum Gasteiger partial charge on any atom is 0.341 e. The molecule has 1 N–H and O–H groups in total. The third kappa shape index (κ3) is 5.45. The molecule has 0 aliphatic heterocycles. The van der Waals surface area contributed by atoms with E-state index in [0.29, 0.717) is 24.1 Å². The van der Waals surface area contributed by atoms with E-state index in [1.54, 1.807) is 6.07 Å². The van der Waals surface area contributed by atoms with Crippen molar-refractivity contribution in [3.63, 3.8) is 0 Å². The number of carboxylic acids is 1. The first-order valence-corrected chi connectivity index (χ1v) is 11.1. The van der Waals surface area contributed by atoms with E-state index in [-0.39, 0.29) is 6.61 Å². The van der Waals surface area contributed by atoms with E-state index < -0.39 is 5.97 Å². The van der Waals surface area contributed by atoms with E-state index in [9.17, 15) is 4.79 Å². The van der Waals surface area contributed by atoms with Crippen molar-refractivity contribution in [2.24, 2.45) is 0 Å². The number of ether oxygens (including phenoxy) is 2. The molecule has 1 heterocycles. The molecule has 35 heavy (non-hydrogen) atoms. The predicted molar refractivity (Wildman–Crippen MR) is 134 cm³/mol. The van der Waals surface area contributed by atoms with Gasteiger partial charge in [-0.15, -0.1) is 0 Å². The first-order chi connectivity index (χ1) is 17.1. The molecule has 0 unspecified atom stereocenters. The van der Waals surface area contributed by atoms with Gasteiger partial charge in [0, 0.05) is 17.2 Å². The molecule has 0 radical (unpaired) electrons. The summed E-state index contributed by atoms with van der Waals surface area (Å²) >= 11 is 0. The highest BCUT2D eigenvalue weighted by molar-refractivity contribution is 5.88. The average molecular weight is 463 g/mol. The van der Waals surface area contributed by atoms with E-state index in [4.69, 9.17) is 24.5 Å². The fourth-order valence-corrected chi connectivity index (χ4v) is 3.71. The van der Waals surface area contributed by atoms with Crippen LogP contribution >= 0.6 is 0 Å². The maximum absolute atomic E-state index is 10.8. The number of aliphatic carboxylic acids is 1. The van der Waals surface area contributed by atoms with Crippen molar-refractivity contribution in [3.05, 3.63) is 109 Å². The van der Waals surface area contributed by atoms with Gasteiger partial charge in [0.25, 0.3) is 0 Å². The number of nitrogens with zero attached hydrogens (tertiary/aromatic N) is 2. The smallest absolute Gasteiger partial charge is 0.341 e. The molecule has 0 spiro atoms. The van der Waals surface area contributed by atoms with Crippen LogP contribution in [0.5, 0.6) is 11.6 Å². The van der Waals surface area contributed by atoms with Gasteiger partial charge in [0.2, 0.25) is 5.88 Å². The van der Waals surface area contributed by atoms with Gasteiger partial charge in [-0.05, 0) is 34.5 Å². The molecule has 0 amide bonds. The van der Waals surface area contributed by atoms with Crippen molar-refractivity contribution in [3.8, 4) is 34.3 Å². The minimum absolute atomic E-state index is 0.379. The lowest BCUT2D eigenvalue weighted by atomic mass is 10.1. The summed E-state index contributed by atoms with van der Waals surface area (Å²) in [7, 11) is 0. The standard InChI is InChI=1S/C29H22N2O4/c32-28(33)19-34-25-14-13-22-15-24(12-11-23(22)16-25)29-30-26(21-9-5-2-6-10-21)17-27(31-29)35-18-20-7-3-1-4-8-20/h1-17H,18-19H2,(H,32,33). The molecule has 1 aromatic heterocycles. The van der Waals surface area contributed by atoms with Gasteiger partial charge in [0.05, 0.1) is 5.69 Å². The number of hydrogen-bond acceptors (Lipinski definition) is 5. The first-order valence-electron chi connectivity index (χ1n) is 11.1. The largest absolute Gasteiger partial charge is 0.482 e. The minimum atomic E-state index is -1.01. The van der Waals surface area contributed by atoms with Gasteiger partial charge < -0.3 is 14.6 Å². The van der Waals surface area contributed by atoms with Gasteiger partial charge in [-0.2, -0.15) is 4.98 Å². The third-order valence-electron chi connectivity index (χ3n) is 5.43. The van der Waals surface area contributed by atoms with Gasteiger partial charge in [-0.3, -0.25) is 0 Å². The van der Waals surface area contributed by atoms with Crippen molar-refractivity contribution in [2.75, 3.05) is 6.61 Å². The van der Waals surface area contributed by atoms with Gasteiger partial charge >= 0.3 is 5.97 Å². The van der Waals surface area contributed by atoms with Crippen molar-refractivity contribution < 1.29 is 19.4 Å². The summed E-state index contributed by atoms with van der Waals surface area (Å²) in [5.74, 6) is 0.547. The number of hydrogen-bond donors (Lipinski definition) is 1. The first kappa shape index (κ1) is 22.1. The molecule has 5 aromatic rings. The third-order valence-corrected chi connectivity index (χ3v) is 5.43. The van der Waals surface area contributed by atoms with Gasteiger partial charge in [0.1, 0.15) is 12.4 Å². The van der Waals surface area contributed by atoms with Crippen LogP contribution in [0, 0.1) is 0 Å². The lowest BCUT2D eigenvalue weighted by Gasteiger charge is -2.11. The molecule has 0 saturated heterocycles. The Morgan fingerprint density at radius 3 is 2.20 bits per heavy atom. The molecule has 0 atom stereocenters. The van der Waals surface area contributed by atoms with E-state index in [1.165, 1.54) is 0 Å². The van der Waals surface area contributed by atoms with E-state index in [2.05, 4.69) is 0 Å². The zero-order valence-electron chi connectivity index (χ0n) is 18.8. The van der Waals surface area contributed by atoms with Crippen LogP contribution in [-0.2, 0) is 11.4 Å². The average Bonchev–Trinajstić information content (AvgIpc) is 2.91. The second-order valence-corrected chi connectivity index (χ2v) is 7.96. The molecule has 6 heteroatoms. The van der Waals surface area contributed by atoms with Crippen molar-refractivity contribution in [1.82, 2.24) is 9.97 Å². The van der Waals surface area contributed by atoms with Crippen LogP contribution in [0.4, 0.5) is 0 Å². The molecule has 172 valence electrons. The van der Waals surface area contributed by atoms with Crippen LogP contribution < -0.4 is 9.47 Å². The summed E-state index contributed by atoms with van der Waals surface area (Å²) in [5, 5.41) is 10.7. The zero-order valence-corrected chi connectivity index (χ0v) is 18.8. The van der Waals surface area contributed by atoms with Gasteiger partial charge in [0.15, 0.2) is 12.4 Å². The number of carbonyl (C=O) groups is 1. The maximum atomic E-state index is 10.8. The molecule has 0 fully saturated rings. The van der Waals surface area contributed by atoms with Crippen LogP contribution in [0.25, 0.3) is 33.4 Å². The molecular formula is C29H22N2O4. The second kappa shape index (κ2) is 10.1. The topological polar surface area (TPSA) is 81.5 Å². The monoisotopic (exact) mass is 462 g/mol. The zero-order chi connectivity index (χ0) is 24.0. The Hall–Kier alpha value is -4.71. The fraction of sp³-hybridized carbons (Fsp3) is 0.0690. The van der Waals surface area contributed by atoms with E-state index in [1.807, 2.05) is 97.1 Å². The van der Waals surface area contributed by atoms with Crippen LogP contribution in [-0.4, -0.2) is 27.7 Å². The molecular weight excluding hydrogens is 440 g/mol. The number of fused-ring (bicyclic) bond motifs is 1. The Bertz CT molecular complexity index is 1470. The quantitative estimate of drug-likeness (QED) is 0.304. The Balaban J connectivity index is 1.49. The molecule has 4 aromatic carbocycles. The highest BCUT2D eigenvalue weighted by Crippen LogP contribution is 2.29. The van der Waals surface area contributed by atoms with Crippen molar-refractivity contribution >= 4 is 16.7 Å². The summed E-state index contributed by atoms with van der Waals surface area (Å²) in [4.78, 5) is 20.3. The van der Waals surface area contributed by atoms with E-state index >= 15 is 0 Å². The minimum Gasteiger partial charge on any atom is -0.482 e. The molecule has 0 aliphatic carbocycles. The highest BCUT2D eigenvalue weighted by Gasteiger charge is 2.11. The van der Waals surface area contributed by atoms with Crippen molar-refractivity contribution in [2.45, 2.75) is 6.61 Å². The Labute approximate surface area is 202 Å². The van der Waals surface area contributed by atoms with Gasteiger partial charge in [-0.25, -0.2) is 9.78 Å². The summed E-state index contributed by atoms with van der Waals surface area (Å²) in [5.41, 5.74) is 3.65. The number of benzene rings is 4. The summed E-state index contributed by atoms with van der Waals surface area (Å²) in [6.07, 6.45) is 0. The summed E-state index contributed by atoms with van der Waals surface area (Å²) in [6.45, 7) is 0.0256. The Kier molecular flexibility index (Phi) is 6.35. The summed E-state index contributed by atoms with van der Waals surface area (Å²) in [6, 6.07) is 33.1. The molecule has 0 aliphatic rings. The molecule has 0 bridgehead atoms. The summed E-state index contributed by atoms with van der Waals surface area (Å²) < 4.78 is 11.3. The molecule has 6 nitrogen and oxygen atoms in total. The lowest BCUT2D eigenvalue weighted by Crippen LogP contribution is -2.09. The predicted octanol–water partition coefficient (Wildman–Crippen LogP) is 6.01. The molecule has 0 saturated carbocycles. The Morgan fingerprint density at radius 2 is 1.43 bits per heavy atom.